The van der Waals surface area contributed by atoms with Gasteiger partial charge in [0.05, 0.1) is 23.8 Å². The van der Waals surface area contributed by atoms with Crippen molar-refractivity contribution in [1.29, 1.82) is 0 Å². The summed E-state index contributed by atoms with van der Waals surface area (Å²) >= 11 is 29.9. The van der Waals surface area contributed by atoms with E-state index in [4.69, 9.17) is 62.7 Å². The maximum absolute atomic E-state index is 12.4. The molecule has 122 valence electrons. The lowest BCUT2D eigenvalue weighted by Gasteiger charge is -2.38. The van der Waals surface area contributed by atoms with E-state index in [1.165, 1.54) is 12.1 Å². The average Bonchev–Trinajstić information content (AvgIpc) is 2.44. The summed E-state index contributed by atoms with van der Waals surface area (Å²) in [5.41, 5.74) is 0.263. The number of hydrogen-bond donors (Lipinski definition) is 1. The molecule has 1 N–H and O–H groups in total. The Labute approximate surface area is 153 Å². The summed E-state index contributed by atoms with van der Waals surface area (Å²) in [6.45, 7) is 2.12. The molecule has 0 aromatic heterocycles. The van der Waals surface area contributed by atoms with Crippen molar-refractivity contribution in [3.8, 4) is 0 Å². The number of benzene rings is 1. The van der Waals surface area contributed by atoms with Crippen LogP contribution in [0.25, 0.3) is 0 Å². The lowest BCUT2D eigenvalue weighted by Crippen LogP contribution is -2.58. The molecule has 1 saturated heterocycles. The Hall–Kier alpha value is 0.0600. The zero-order valence-corrected chi connectivity index (χ0v) is 15.1. The predicted octanol–water partition coefficient (Wildman–Crippen LogP) is 3.75. The van der Waals surface area contributed by atoms with Gasteiger partial charge < -0.3 is 10.1 Å². The first-order chi connectivity index (χ1) is 10.3. The van der Waals surface area contributed by atoms with E-state index < -0.39 is 15.9 Å². The molecule has 1 aliphatic rings. The van der Waals surface area contributed by atoms with Crippen LogP contribution >= 0.6 is 58.0 Å². The molecule has 0 unspecified atom stereocenters. The van der Waals surface area contributed by atoms with Gasteiger partial charge in [0.25, 0.3) is 5.91 Å². The second kappa shape index (κ2) is 7.75. The van der Waals surface area contributed by atoms with Gasteiger partial charge in [0, 0.05) is 18.1 Å². The minimum absolute atomic E-state index is 0.232. The summed E-state index contributed by atoms with van der Waals surface area (Å²) in [6, 6.07) is 4.58. The Balaban J connectivity index is 2.17. The Kier molecular flexibility index (Phi) is 6.48. The van der Waals surface area contributed by atoms with Crippen LogP contribution in [0.15, 0.2) is 18.2 Å². The van der Waals surface area contributed by atoms with Gasteiger partial charge in [-0.1, -0.05) is 58.0 Å². The molecule has 0 spiro atoms. The topological polar surface area (TPSA) is 41.6 Å². The fraction of sp³-hybridized carbons (Fsp3) is 0.462. The van der Waals surface area contributed by atoms with Crippen molar-refractivity contribution < 1.29 is 9.53 Å². The lowest BCUT2D eigenvalue weighted by molar-refractivity contribution is 0.00996. The first-order valence-electron chi connectivity index (χ1n) is 6.43. The molecule has 2 rings (SSSR count). The number of ether oxygens (including phenoxy) is 1. The number of nitrogens with zero attached hydrogens (tertiary/aromatic N) is 1. The van der Waals surface area contributed by atoms with E-state index in [0.29, 0.717) is 31.3 Å². The molecule has 1 fully saturated rings. The van der Waals surface area contributed by atoms with Crippen LogP contribution in [0.5, 0.6) is 0 Å². The van der Waals surface area contributed by atoms with Gasteiger partial charge in [0.15, 0.2) is 0 Å². The largest absolute Gasteiger partial charge is 0.379 e. The Morgan fingerprint density at radius 1 is 1.23 bits per heavy atom. The monoisotopic (exact) mass is 404 g/mol. The van der Waals surface area contributed by atoms with Crippen molar-refractivity contribution in [3.05, 3.63) is 33.8 Å². The van der Waals surface area contributed by atoms with E-state index >= 15 is 0 Å². The third kappa shape index (κ3) is 4.78. The fourth-order valence-electron chi connectivity index (χ4n) is 2.09. The van der Waals surface area contributed by atoms with E-state index in [-0.39, 0.29) is 10.6 Å². The zero-order valence-electron chi connectivity index (χ0n) is 11.3. The number of nitrogens with one attached hydrogen (secondary N) is 1. The van der Waals surface area contributed by atoms with Crippen LogP contribution in [0.2, 0.25) is 10.0 Å². The predicted molar refractivity (Wildman–Crippen MR) is 90.4 cm³/mol. The van der Waals surface area contributed by atoms with Crippen molar-refractivity contribution in [3.63, 3.8) is 0 Å². The van der Waals surface area contributed by atoms with E-state index in [2.05, 4.69) is 5.32 Å². The number of halogens is 5. The van der Waals surface area contributed by atoms with Gasteiger partial charge in [-0.15, -0.1) is 0 Å². The van der Waals surface area contributed by atoms with Crippen molar-refractivity contribution in [1.82, 2.24) is 10.2 Å². The second-order valence-electron chi connectivity index (χ2n) is 4.69. The lowest BCUT2D eigenvalue weighted by atomic mass is 10.2. The molecule has 22 heavy (non-hydrogen) atoms. The number of amides is 1. The standard InChI is InChI=1S/C13H13Cl5N2O2/c14-8-1-2-9(10(15)7-8)11(21)19-12(13(16,17)18)20-3-5-22-6-4-20/h1-2,7,12H,3-6H2,(H,19,21)/t12-/m1/s1. The first-order valence-corrected chi connectivity index (χ1v) is 8.32. The van der Waals surface area contributed by atoms with E-state index in [1.54, 1.807) is 6.07 Å². The Morgan fingerprint density at radius 2 is 1.86 bits per heavy atom. The van der Waals surface area contributed by atoms with E-state index in [9.17, 15) is 4.79 Å². The summed E-state index contributed by atoms with van der Waals surface area (Å²) in [5, 5.41) is 3.38. The number of morpholine rings is 1. The summed E-state index contributed by atoms with van der Waals surface area (Å²) in [4.78, 5) is 14.2. The van der Waals surface area contributed by atoms with Crippen LogP contribution in [-0.4, -0.2) is 47.1 Å². The van der Waals surface area contributed by atoms with Crippen molar-refractivity contribution in [2.75, 3.05) is 26.3 Å². The van der Waals surface area contributed by atoms with Gasteiger partial charge in [-0.25, -0.2) is 0 Å². The molecule has 0 radical (unpaired) electrons. The smallest absolute Gasteiger partial charge is 0.254 e. The van der Waals surface area contributed by atoms with Gasteiger partial charge in [-0.2, -0.15) is 0 Å². The molecule has 1 atom stereocenters. The molecule has 0 saturated carbocycles. The van der Waals surface area contributed by atoms with Crippen LogP contribution in [-0.2, 0) is 4.74 Å². The molecular weight excluding hydrogens is 393 g/mol. The maximum atomic E-state index is 12.4. The molecule has 1 amide bonds. The van der Waals surface area contributed by atoms with E-state index in [1.807, 2.05) is 4.90 Å². The van der Waals surface area contributed by atoms with Gasteiger partial charge >= 0.3 is 0 Å². The first kappa shape index (κ1) is 18.4. The normalized spacial score (nSPS) is 18.0. The molecule has 1 aromatic rings. The van der Waals surface area contributed by atoms with Crippen LogP contribution in [0, 0.1) is 0 Å². The molecule has 9 heteroatoms. The molecular formula is C13H13Cl5N2O2. The SMILES string of the molecule is O=C(N[C@H](N1CCOCC1)C(Cl)(Cl)Cl)c1ccc(Cl)cc1Cl. The number of rotatable bonds is 3. The molecule has 1 aromatic carbocycles. The van der Waals surface area contributed by atoms with Crippen LogP contribution < -0.4 is 5.32 Å². The summed E-state index contributed by atoms with van der Waals surface area (Å²) < 4.78 is 3.58. The van der Waals surface area contributed by atoms with Crippen LogP contribution in [0.1, 0.15) is 10.4 Å². The number of alkyl halides is 3. The second-order valence-corrected chi connectivity index (χ2v) is 7.90. The number of hydrogen-bond acceptors (Lipinski definition) is 3. The Morgan fingerprint density at radius 3 is 2.41 bits per heavy atom. The van der Waals surface area contributed by atoms with Gasteiger partial charge in [-0.05, 0) is 18.2 Å². The third-order valence-corrected chi connectivity index (χ3v) is 4.33. The van der Waals surface area contributed by atoms with Crippen LogP contribution in [0.4, 0.5) is 0 Å². The molecule has 4 nitrogen and oxygen atoms in total. The summed E-state index contributed by atoms with van der Waals surface area (Å²) in [6.07, 6.45) is -0.791. The van der Waals surface area contributed by atoms with Crippen molar-refractivity contribution >= 4 is 63.9 Å². The quantitative estimate of drug-likeness (QED) is 0.778. The fourth-order valence-corrected chi connectivity index (χ4v) is 3.16. The minimum Gasteiger partial charge on any atom is -0.379 e. The van der Waals surface area contributed by atoms with E-state index in [0.717, 1.165) is 0 Å². The number of carbonyl (C=O) groups excluding carboxylic acids is 1. The Bertz CT molecular complexity index is 544. The maximum Gasteiger partial charge on any atom is 0.254 e. The highest BCUT2D eigenvalue weighted by Crippen LogP contribution is 2.33. The molecule has 1 heterocycles. The molecule has 0 aliphatic carbocycles. The minimum atomic E-state index is -1.69. The van der Waals surface area contributed by atoms with Crippen molar-refractivity contribution in [2.24, 2.45) is 0 Å². The van der Waals surface area contributed by atoms with Gasteiger partial charge in [0.1, 0.15) is 6.17 Å². The van der Waals surface area contributed by atoms with Gasteiger partial charge in [-0.3, -0.25) is 9.69 Å². The molecule has 0 bridgehead atoms. The van der Waals surface area contributed by atoms with Crippen molar-refractivity contribution in [2.45, 2.75) is 9.96 Å². The molecule has 1 aliphatic heterocycles. The average molecular weight is 407 g/mol. The summed E-state index contributed by atoms with van der Waals surface area (Å²) in [7, 11) is 0. The number of carbonyl (C=O) groups is 1. The highest BCUT2D eigenvalue weighted by molar-refractivity contribution is 6.68. The summed E-state index contributed by atoms with van der Waals surface area (Å²) in [5.74, 6) is -0.440. The third-order valence-electron chi connectivity index (χ3n) is 3.16. The highest BCUT2D eigenvalue weighted by Gasteiger charge is 2.39. The van der Waals surface area contributed by atoms with Crippen LogP contribution in [0.3, 0.4) is 0 Å². The zero-order chi connectivity index (χ0) is 16.3. The van der Waals surface area contributed by atoms with Gasteiger partial charge in [0.2, 0.25) is 3.79 Å². The highest BCUT2D eigenvalue weighted by atomic mass is 35.6.